The lowest BCUT2D eigenvalue weighted by Gasteiger charge is -2.64. The van der Waals surface area contributed by atoms with Gasteiger partial charge in [-0.25, -0.2) is 9.59 Å². The highest BCUT2D eigenvalue weighted by Gasteiger charge is 2.73. The number of aliphatic hydroxyl groups is 4. The molecule has 0 spiro atoms. The molecule has 3 fully saturated rings. The van der Waals surface area contributed by atoms with Crippen LogP contribution in [-0.2, 0) is 28.5 Å². The first-order valence-corrected chi connectivity index (χ1v) is 12.4. The lowest BCUT2D eigenvalue weighted by molar-refractivity contribution is -0.344. The van der Waals surface area contributed by atoms with E-state index in [1.807, 2.05) is 13.8 Å². The van der Waals surface area contributed by atoms with Crippen molar-refractivity contribution in [2.45, 2.75) is 75.2 Å². The number of fused-ring (bicyclic) bond motifs is 2. The molecule has 11 atom stereocenters. The molecular weight excluding hydrogens is 488 g/mol. The van der Waals surface area contributed by atoms with Gasteiger partial charge in [0.2, 0.25) is 0 Å². The van der Waals surface area contributed by atoms with Gasteiger partial charge in [-0.2, -0.15) is 0 Å². The summed E-state index contributed by atoms with van der Waals surface area (Å²) in [5, 5.41) is 40.7. The molecule has 3 saturated heterocycles. The molecule has 4 aliphatic heterocycles. The summed E-state index contributed by atoms with van der Waals surface area (Å²) in [4.78, 5) is 26.6. The van der Waals surface area contributed by atoms with Gasteiger partial charge in [0, 0.05) is 27.9 Å². The number of carbonyl (C=O) groups is 2. The van der Waals surface area contributed by atoms with Crippen LogP contribution in [0.4, 0.5) is 0 Å². The fourth-order valence-electron chi connectivity index (χ4n) is 7.19. The lowest BCUT2D eigenvalue weighted by Crippen LogP contribution is -2.73. The van der Waals surface area contributed by atoms with E-state index >= 15 is 0 Å². The minimum atomic E-state index is -1.74. The number of carbonyl (C=O) groups excluding carboxylic acids is 2. The molecule has 0 saturated carbocycles. The number of hydrogen-bond donors (Lipinski definition) is 4. The fraction of sp³-hybridized carbons (Fsp3) is 0.615. The Bertz CT molecular complexity index is 1160. The van der Waals surface area contributed by atoms with Crippen molar-refractivity contribution >= 4 is 11.9 Å². The fourth-order valence-corrected chi connectivity index (χ4v) is 7.19. The summed E-state index contributed by atoms with van der Waals surface area (Å²) in [6.07, 6.45) is -0.0578. The maximum absolute atomic E-state index is 13.5. The molecule has 1 aromatic rings. The highest BCUT2D eigenvalue weighted by Crippen LogP contribution is 2.67. The minimum Gasteiger partial charge on any atom is -0.472 e. The Morgan fingerprint density at radius 2 is 1.89 bits per heavy atom. The summed E-state index contributed by atoms with van der Waals surface area (Å²) >= 11 is 0. The second-order valence-electron chi connectivity index (χ2n) is 11.1. The molecule has 5 heterocycles. The molecule has 6 aliphatic rings. The molecule has 2 aliphatic carbocycles. The first-order chi connectivity index (χ1) is 17.6. The quantitative estimate of drug-likeness (QED) is 0.319. The van der Waals surface area contributed by atoms with Crippen LogP contribution in [0.3, 0.4) is 0 Å². The van der Waals surface area contributed by atoms with Crippen molar-refractivity contribution in [3.05, 3.63) is 48.0 Å². The average molecular weight is 519 g/mol. The Morgan fingerprint density at radius 3 is 2.57 bits per heavy atom. The number of aliphatic hydroxyl groups excluding tert-OH is 4. The van der Waals surface area contributed by atoms with E-state index in [1.54, 1.807) is 24.3 Å². The maximum atomic E-state index is 13.5. The van der Waals surface area contributed by atoms with Crippen molar-refractivity contribution in [3.63, 3.8) is 0 Å². The van der Waals surface area contributed by atoms with E-state index in [4.69, 9.17) is 23.4 Å². The van der Waals surface area contributed by atoms with Crippen LogP contribution in [0.2, 0.25) is 0 Å². The SMILES string of the molecule is C[C@@]12C[C@@H](c3ccoc3)OC(=O)C1=CC[C@]1(C)[C@H]2[C@H]2C=C[C@]1(O[C@@H]1O[C@H](CO)[C@@H](O)[C@H](O)[C@H]1O)C(=O)O2. The third kappa shape index (κ3) is 3.22. The van der Waals surface area contributed by atoms with E-state index in [0.717, 1.165) is 5.56 Å². The number of ether oxygens (including phenoxy) is 4. The summed E-state index contributed by atoms with van der Waals surface area (Å²) in [7, 11) is 0. The van der Waals surface area contributed by atoms with Crippen molar-refractivity contribution in [1.82, 2.24) is 0 Å². The van der Waals surface area contributed by atoms with Gasteiger partial charge in [0.15, 0.2) is 11.9 Å². The van der Waals surface area contributed by atoms with Crippen molar-refractivity contribution in [2.24, 2.45) is 16.7 Å². The van der Waals surface area contributed by atoms with Crippen molar-refractivity contribution < 1.29 is 53.4 Å². The Labute approximate surface area is 212 Å². The normalized spacial score (nSPS) is 48.5. The molecule has 7 rings (SSSR count). The zero-order valence-electron chi connectivity index (χ0n) is 20.4. The molecule has 0 amide bonds. The first-order valence-electron chi connectivity index (χ1n) is 12.4. The van der Waals surface area contributed by atoms with E-state index in [9.17, 15) is 30.0 Å². The van der Waals surface area contributed by atoms with E-state index in [-0.39, 0.29) is 6.42 Å². The average Bonchev–Trinajstić information content (AvgIpc) is 3.40. The van der Waals surface area contributed by atoms with E-state index in [0.29, 0.717) is 12.0 Å². The van der Waals surface area contributed by atoms with Gasteiger partial charge in [-0.05, 0) is 31.1 Å². The zero-order valence-corrected chi connectivity index (χ0v) is 20.4. The van der Waals surface area contributed by atoms with Gasteiger partial charge in [0.05, 0.1) is 19.1 Å². The molecule has 0 unspecified atom stereocenters. The number of rotatable bonds is 4. The highest BCUT2D eigenvalue weighted by atomic mass is 16.7. The summed E-state index contributed by atoms with van der Waals surface area (Å²) in [6, 6.07) is 1.74. The summed E-state index contributed by atoms with van der Waals surface area (Å²) < 4.78 is 28.6. The molecule has 2 bridgehead atoms. The van der Waals surface area contributed by atoms with Gasteiger partial charge in [0.1, 0.15) is 36.6 Å². The van der Waals surface area contributed by atoms with Gasteiger partial charge in [-0.3, -0.25) is 0 Å². The van der Waals surface area contributed by atoms with E-state index in [2.05, 4.69) is 0 Å². The highest BCUT2D eigenvalue weighted by molar-refractivity contribution is 5.93. The van der Waals surface area contributed by atoms with Crippen LogP contribution in [0, 0.1) is 16.7 Å². The van der Waals surface area contributed by atoms with Gasteiger partial charge in [-0.15, -0.1) is 0 Å². The summed E-state index contributed by atoms with van der Waals surface area (Å²) in [6.45, 7) is 3.20. The van der Waals surface area contributed by atoms with Crippen molar-refractivity contribution in [3.8, 4) is 0 Å². The molecule has 11 nitrogen and oxygen atoms in total. The summed E-state index contributed by atoms with van der Waals surface area (Å²) in [5.74, 6) is -1.53. The van der Waals surface area contributed by atoms with Gasteiger partial charge < -0.3 is 43.8 Å². The van der Waals surface area contributed by atoms with Gasteiger partial charge in [0.25, 0.3) is 0 Å². The molecule has 200 valence electrons. The molecule has 0 aromatic carbocycles. The number of furan rings is 1. The molecule has 1 aromatic heterocycles. The van der Waals surface area contributed by atoms with Crippen LogP contribution in [0.5, 0.6) is 0 Å². The minimum absolute atomic E-state index is 0.265. The van der Waals surface area contributed by atoms with Gasteiger partial charge >= 0.3 is 11.9 Å². The molecule has 4 N–H and O–H groups in total. The maximum Gasteiger partial charge on any atom is 0.343 e. The van der Waals surface area contributed by atoms with Crippen molar-refractivity contribution in [1.29, 1.82) is 0 Å². The van der Waals surface area contributed by atoms with Crippen LogP contribution in [0.1, 0.15) is 38.4 Å². The number of esters is 2. The van der Waals surface area contributed by atoms with Crippen molar-refractivity contribution in [2.75, 3.05) is 6.61 Å². The Kier molecular flexibility index (Phi) is 5.51. The Balaban J connectivity index is 1.40. The molecule has 37 heavy (non-hydrogen) atoms. The van der Waals surface area contributed by atoms with Crippen LogP contribution in [0.15, 0.2) is 46.8 Å². The van der Waals surface area contributed by atoms with Gasteiger partial charge in [-0.1, -0.05) is 19.9 Å². The number of allylic oxidation sites excluding steroid dienone is 1. The second-order valence-corrected chi connectivity index (χ2v) is 11.1. The predicted octanol–water partition coefficient (Wildman–Crippen LogP) is 0.277. The topological polar surface area (TPSA) is 165 Å². The molecule has 11 heteroatoms. The predicted molar refractivity (Wildman–Crippen MR) is 121 cm³/mol. The first kappa shape index (κ1) is 24.8. The standard InChI is InChI=1S/C26H30O11/c1-24-9-15(12-5-8-33-11-12)34-21(31)13(24)3-6-25(2)20(24)14-4-7-26(25,23(32)36-14)37-22-19(30)18(29)17(28)16(10-27)35-22/h3-5,7-8,11,14-20,22,27-30H,6,9-10H2,1-2H3/t14-,15+,16-,17-,18+,19-,20+,22+,24-,25-,26+/m1/s1. The summed E-state index contributed by atoms with van der Waals surface area (Å²) in [5.41, 5.74) is -2.23. The van der Waals surface area contributed by atoms with Crippen LogP contribution < -0.4 is 0 Å². The second kappa shape index (κ2) is 8.23. The third-order valence-electron chi connectivity index (χ3n) is 9.11. The van der Waals surface area contributed by atoms with Crippen LogP contribution in [0.25, 0.3) is 0 Å². The Hall–Kier alpha value is -2.54. The monoisotopic (exact) mass is 518 g/mol. The van der Waals surface area contributed by atoms with E-state index in [1.165, 1.54) is 12.5 Å². The molecule has 0 radical (unpaired) electrons. The lowest BCUT2D eigenvalue weighted by atomic mass is 9.45. The smallest absolute Gasteiger partial charge is 0.343 e. The molecular formula is C26H30O11. The zero-order chi connectivity index (χ0) is 26.3. The third-order valence-corrected chi connectivity index (χ3v) is 9.11. The van der Waals surface area contributed by atoms with E-state index < -0.39 is 83.8 Å². The largest absolute Gasteiger partial charge is 0.472 e. The van der Waals surface area contributed by atoms with Crippen LogP contribution in [-0.4, -0.2) is 81.4 Å². The van der Waals surface area contributed by atoms with Crippen LogP contribution >= 0.6 is 0 Å². The number of hydrogen-bond acceptors (Lipinski definition) is 11. The Morgan fingerprint density at radius 1 is 1.11 bits per heavy atom. The number of cyclic esters (lactones) is 1.